The van der Waals surface area contributed by atoms with E-state index in [1.54, 1.807) is 0 Å². The number of benzene rings is 1. The van der Waals surface area contributed by atoms with Crippen molar-refractivity contribution in [2.45, 2.75) is 37.6 Å². The first kappa shape index (κ1) is 22.9. The molecule has 27 heavy (non-hydrogen) atoms. The van der Waals surface area contributed by atoms with Crippen LogP contribution in [0.25, 0.3) is 0 Å². The van der Waals surface area contributed by atoms with Crippen molar-refractivity contribution in [1.29, 1.82) is 0 Å². The lowest BCUT2D eigenvalue weighted by Gasteiger charge is -2.41. The lowest BCUT2D eigenvalue weighted by atomic mass is 9.96. The van der Waals surface area contributed by atoms with Crippen LogP contribution in [-0.2, 0) is 10.2 Å². The van der Waals surface area contributed by atoms with Gasteiger partial charge in [-0.3, -0.25) is 9.89 Å². The third-order valence-corrected chi connectivity index (χ3v) is 6.16. The molecule has 2 N–H and O–H groups in total. The lowest BCUT2D eigenvalue weighted by molar-refractivity contribution is -0.00834. The zero-order valence-electron chi connectivity index (χ0n) is 16.6. The molecule has 0 atom stereocenters. The third kappa shape index (κ3) is 6.05. The normalized spacial score (nSPS) is 19.9. The van der Waals surface area contributed by atoms with Gasteiger partial charge in [-0.2, -0.15) is 0 Å². The molecule has 1 aromatic rings. The second-order valence-electron chi connectivity index (χ2n) is 7.98. The Morgan fingerprint density at radius 1 is 1.26 bits per heavy atom. The van der Waals surface area contributed by atoms with Crippen molar-refractivity contribution in [3.63, 3.8) is 0 Å². The Bertz CT molecular complexity index is 643. The molecule has 0 amide bonds. The van der Waals surface area contributed by atoms with E-state index in [9.17, 15) is 0 Å². The van der Waals surface area contributed by atoms with Gasteiger partial charge in [0.15, 0.2) is 5.96 Å². The number of hydrogen-bond donors (Lipinski definition) is 2. The number of nitrogens with one attached hydrogen (secondary N) is 2. The van der Waals surface area contributed by atoms with E-state index in [1.807, 2.05) is 7.05 Å². The van der Waals surface area contributed by atoms with Gasteiger partial charge >= 0.3 is 0 Å². The van der Waals surface area contributed by atoms with E-state index in [2.05, 4.69) is 74.6 Å². The molecule has 1 saturated heterocycles. The first-order valence-electron chi connectivity index (χ1n) is 9.49. The Balaban J connectivity index is 0.00000261. The Morgan fingerprint density at radius 3 is 2.56 bits per heavy atom. The van der Waals surface area contributed by atoms with Gasteiger partial charge in [0.1, 0.15) is 0 Å². The first-order valence-corrected chi connectivity index (χ1v) is 10.3. The topological polar surface area (TPSA) is 48.9 Å². The predicted molar refractivity (Wildman–Crippen MR) is 126 cm³/mol. The second-order valence-corrected chi connectivity index (χ2v) is 8.90. The van der Waals surface area contributed by atoms with E-state index in [0.717, 1.165) is 49.8 Å². The van der Waals surface area contributed by atoms with Gasteiger partial charge in [0, 0.05) is 48.7 Å². The summed E-state index contributed by atoms with van der Waals surface area (Å²) >= 11 is 3.59. The summed E-state index contributed by atoms with van der Waals surface area (Å²) in [4.78, 5) is 6.91. The fourth-order valence-corrected chi connectivity index (χ4v) is 3.99. The van der Waals surface area contributed by atoms with Gasteiger partial charge in [0.25, 0.3) is 0 Å². The lowest BCUT2D eigenvalue weighted by Crippen LogP contribution is -2.56. The number of halogens is 2. The monoisotopic (exact) mass is 550 g/mol. The number of hydrogen-bond acceptors (Lipinski definition) is 3. The van der Waals surface area contributed by atoms with E-state index in [4.69, 9.17) is 4.74 Å². The van der Waals surface area contributed by atoms with Crippen LogP contribution in [0.2, 0.25) is 0 Å². The van der Waals surface area contributed by atoms with E-state index in [-0.39, 0.29) is 34.9 Å². The maximum Gasteiger partial charge on any atom is 0.191 e. The minimum atomic E-state index is 0. The van der Waals surface area contributed by atoms with Gasteiger partial charge in [0.05, 0.1) is 13.2 Å². The molecule has 0 aromatic heterocycles. The summed E-state index contributed by atoms with van der Waals surface area (Å²) in [6, 6.07) is 8.68. The summed E-state index contributed by atoms with van der Waals surface area (Å²) in [6.45, 7) is 9.97. The SMILES string of the molecule is CN=C(NCC1(c2cccc(Br)c2)CC1)NCC(C)(C)N1CCOCC1.I. The molecule has 2 fully saturated rings. The van der Waals surface area contributed by atoms with Crippen molar-refractivity contribution < 1.29 is 4.74 Å². The van der Waals surface area contributed by atoms with E-state index >= 15 is 0 Å². The minimum absolute atomic E-state index is 0. The quantitative estimate of drug-likeness (QED) is 0.324. The summed E-state index contributed by atoms with van der Waals surface area (Å²) in [6.07, 6.45) is 2.46. The van der Waals surface area contributed by atoms with Crippen molar-refractivity contribution in [3.05, 3.63) is 34.3 Å². The molecule has 5 nitrogen and oxygen atoms in total. The highest BCUT2D eigenvalue weighted by atomic mass is 127. The summed E-state index contributed by atoms with van der Waals surface area (Å²) in [5.41, 5.74) is 1.73. The number of guanidine groups is 1. The van der Waals surface area contributed by atoms with Gasteiger partial charge in [-0.15, -0.1) is 24.0 Å². The third-order valence-electron chi connectivity index (χ3n) is 5.66. The summed E-state index contributed by atoms with van der Waals surface area (Å²) < 4.78 is 6.62. The largest absolute Gasteiger partial charge is 0.379 e. The highest BCUT2D eigenvalue weighted by Crippen LogP contribution is 2.48. The molecule has 2 aliphatic rings. The fraction of sp³-hybridized carbons (Fsp3) is 0.650. The van der Waals surface area contributed by atoms with Crippen molar-refractivity contribution in [3.8, 4) is 0 Å². The number of rotatable bonds is 6. The molecule has 0 radical (unpaired) electrons. The van der Waals surface area contributed by atoms with Crippen molar-refractivity contribution in [1.82, 2.24) is 15.5 Å². The molecule has 152 valence electrons. The summed E-state index contributed by atoms with van der Waals surface area (Å²) in [7, 11) is 1.84. The van der Waals surface area contributed by atoms with Gasteiger partial charge < -0.3 is 15.4 Å². The minimum Gasteiger partial charge on any atom is -0.379 e. The Hall–Kier alpha value is -0.380. The summed E-state index contributed by atoms with van der Waals surface area (Å²) in [5, 5.41) is 7.06. The molecule has 3 rings (SSSR count). The molecule has 7 heteroatoms. The molecule has 0 unspecified atom stereocenters. The Kier molecular flexibility index (Phi) is 8.39. The van der Waals surface area contributed by atoms with Gasteiger partial charge in [-0.1, -0.05) is 28.1 Å². The van der Waals surface area contributed by atoms with Gasteiger partial charge in [-0.05, 0) is 44.4 Å². The van der Waals surface area contributed by atoms with E-state index in [1.165, 1.54) is 18.4 Å². The van der Waals surface area contributed by atoms with E-state index < -0.39 is 0 Å². The van der Waals surface area contributed by atoms with Gasteiger partial charge in [-0.25, -0.2) is 0 Å². The predicted octanol–water partition coefficient (Wildman–Crippen LogP) is 3.37. The van der Waals surface area contributed by atoms with Crippen LogP contribution in [-0.4, -0.2) is 62.8 Å². The molecular formula is C20H32BrIN4O. The first-order chi connectivity index (χ1) is 12.5. The molecule has 1 saturated carbocycles. The van der Waals surface area contributed by atoms with Crippen LogP contribution < -0.4 is 10.6 Å². The molecule has 1 aliphatic carbocycles. The average Bonchev–Trinajstić information content (AvgIpc) is 3.44. The van der Waals surface area contributed by atoms with Crippen LogP contribution in [0.15, 0.2) is 33.7 Å². The smallest absolute Gasteiger partial charge is 0.191 e. The van der Waals surface area contributed by atoms with Crippen molar-refractivity contribution >= 4 is 45.9 Å². The van der Waals surface area contributed by atoms with Crippen LogP contribution in [0.3, 0.4) is 0 Å². The van der Waals surface area contributed by atoms with Crippen LogP contribution in [0.5, 0.6) is 0 Å². The average molecular weight is 551 g/mol. The summed E-state index contributed by atoms with van der Waals surface area (Å²) in [5.74, 6) is 0.882. The molecule has 0 bridgehead atoms. The number of ether oxygens (including phenoxy) is 1. The highest BCUT2D eigenvalue weighted by molar-refractivity contribution is 14.0. The van der Waals surface area contributed by atoms with Crippen molar-refractivity contribution in [2.24, 2.45) is 4.99 Å². The van der Waals surface area contributed by atoms with Crippen LogP contribution in [0.4, 0.5) is 0 Å². The molecule has 1 aromatic carbocycles. The fourth-order valence-electron chi connectivity index (χ4n) is 3.59. The van der Waals surface area contributed by atoms with E-state index in [0.29, 0.717) is 0 Å². The zero-order chi connectivity index (χ0) is 18.6. The van der Waals surface area contributed by atoms with Crippen LogP contribution in [0.1, 0.15) is 32.3 Å². The molecule has 1 aliphatic heterocycles. The number of morpholine rings is 1. The maximum atomic E-state index is 5.47. The second kappa shape index (κ2) is 9.89. The van der Waals surface area contributed by atoms with Gasteiger partial charge in [0.2, 0.25) is 0 Å². The molecular weight excluding hydrogens is 519 g/mol. The van der Waals surface area contributed by atoms with Crippen LogP contribution in [0, 0.1) is 0 Å². The standard InChI is InChI=1S/C20H31BrN4O.HI/c1-19(2,25-9-11-26-12-10-25)14-23-18(22-3)24-15-20(7-8-20)16-5-4-6-17(21)13-16;/h4-6,13H,7-12,14-15H2,1-3H3,(H2,22,23,24);1H. The van der Waals surface area contributed by atoms with Crippen LogP contribution >= 0.6 is 39.9 Å². The van der Waals surface area contributed by atoms with Crippen molar-refractivity contribution in [2.75, 3.05) is 46.4 Å². The Morgan fingerprint density at radius 2 is 1.96 bits per heavy atom. The molecule has 1 heterocycles. The highest BCUT2D eigenvalue weighted by Gasteiger charge is 2.44. The Labute approximate surface area is 188 Å². The number of aliphatic imine (C=N–C) groups is 1. The number of nitrogens with zero attached hydrogens (tertiary/aromatic N) is 2. The molecule has 0 spiro atoms. The zero-order valence-corrected chi connectivity index (χ0v) is 20.5. The maximum absolute atomic E-state index is 5.47.